The van der Waals surface area contributed by atoms with Gasteiger partial charge in [-0.05, 0) is 49.6 Å². The van der Waals surface area contributed by atoms with Crippen LogP contribution in [0.5, 0.6) is 5.75 Å². The summed E-state index contributed by atoms with van der Waals surface area (Å²) in [7, 11) is -3.74. The number of para-hydroxylation sites is 1. The SMILES string of the molecule is Cc1ccc(-c2cc(=O)c3cccc(Cl)c3o2)c(OCC(=O)N2CCCC2C(=O)NS(C)(=O)=O)c1. The molecular formula is C24H23ClN2O7S. The molecule has 0 radical (unpaired) electrons. The molecule has 3 aromatic rings. The minimum atomic E-state index is -3.74. The van der Waals surface area contributed by atoms with E-state index in [4.69, 9.17) is 20.8 Å². The van der Waals surface area contributed by atoms with Gasteiger partial charge >= 0.3 is 0 Å². The van der Waals surface area contributed by atoms with Crippen LogP contribution in [0.15, 0.2) is 51.7 Å². The number of rotatable bonds is 6. The molecule has 1 N–H and O–H groups in total. The lowest BCUT2D eigenvalue weighted by atomic mass is 10.1. The van der Waals surface area contributed by atoms with Crippen molar-refractivity contribution in [2.75, 3.05) is 19.4 Å². The number of sulfonamides is 1. The molecule has 1 fully saturated rings. The lowest BCUT2D eigenvalue weighted by molar-refractivity contribution is -0.139. The smallest absolute Gasteiger partial charge is 0.261 e. The van der Waals surface area contributed by atoms with E-state index in [0.717, 1.165) is 11.8 Å². The van der Waals surface area contributed by atoms with Crippen molar-refractivity contribution >= 4 is 44.4 Å². The van der Waals surface area contributed by atoms with Crippen LogP contribution >= 0.6 is 11.6 Å². The Morgan fingerprint density at radius 1 is 1.23 bits per heavy atom. The topological polar surface area (TPSA) is 123 Å². The molecule has 184 valence electrons. The number of fused-ring (bicyclic) bond motifs is 1. The minimum absolute atomic E-state index is 0.227. The molecule has 1 unspecified atom stereocenters. The highest BCUT2D eigenvalue weighted by Gasteiger charge is 2.35. The number of nitrogens with zero attached hydrogens (tertiary/aromatic N) is 1. The Bertz CT molecular complexity index is 1480. The van der Waals surface area contributed by atoms with Gasteiger partial charge in [-0.15, -0.1) is 0 Å². The van der Waals surface area contributed by atoms with Gasteiger partial charge in [0.1, 0.15) is 17.6 Å². The van der Waals surface area contributed by atoms with Crippen LogP contribution < -0.4 is 14.9 Å². The van der Waals surface area contributed by atoms with Crippen LogP contribution in [-0.4, -0.2) is 50.6 Å². The Morgan fingerprint density at radius 2 is 2.00 bits per heavy atom. The number of aryl methyl sites for hydroxylation is 1. The van der Waals surface area contributed by atoms with Gasteiger partial charge in [0, 0.05) is 12.6 Å². The van der Waals surface area contributed by atoms with Crippen LogP contribution in [0.2, 0.25) is 5.02 Å². The molecule has 0 aliphatic carbocycles. The zero-order chi connectivity index (χ0) is 25.3. The third-order valence-corrected chi connectivity index (χ3v) is 6.49. The van der Waals surface area contributed by atoms with E-state index < -0.39 is 34.5 Å². The Hall–Kier alpha value is -3.37. The number of halogens is 1. The van der Waals surface area contributed by atoms with Crippen LogP contribution in [0, 0.1) is 6.92 Å². The summed E-state index contributed by atoms with van der Waals surface area (Å²) >= 11 is 6.22. The number of ether oxygens (including phenoxy) is 1. The van der Waals surface area contributed by atoms with Crippen molar-refractivity contribution in [3.63, 3.8) is 0 Å². The summed E-state index contributed by atoms with van der Waals surface area (Å²) < 4.78 is 36.5. The standard InChI is InChI=1S/C24H23ClN2O7S/c1-14-8-9-16(21-12-19(28)15-5-3-6-17(25)23(15)34-21)20(11-14)33-13-22(29)27-10-4-7-18(27)24(30)26-35(2,31)32/h3,5-6,8-9,11-12,18H,4,7,10,13H2,1-2H3,(H,26,30). The molecule has 9 nitrogen and oxygen atoms in total. The summed E-state index contributed by atoms with van der Waals surface area (Å²) in [5.74, 6) is -0.676. The van der Waals surface area contributed by atoms with E-state index in [-0.39, 0.29) is 16.8 Å². The third-order valence-electron chi connectivity index (χ3n) is 5.62. The van der Waals surface area contributed by atoms with Crippen molar-refractivity contribution < 1.29 is 27.2 Å². The average Bonchev–Trinajstić information content (AvgIpc) is 3.27. The van der Waals surface area contributed by atoms with Crippen molar-refractivity contribution in [3.05, 3.63) is 63.3 Å². The number of hydrogen-bond donors (Lipinski definition) is 1. The minimum Gasteiger partial charge on any atom is -0.483 e. The van der Waals surface area contributed by atoms with Crippen LogP contribution in [0.3, 0.4) is 0 Å². The van der Waals surface area contributed by atoms with Crippen molar-refractivity contribution in [2.45, 2.75) is 25.8 Å². The fourth-order valence-electron chi connectivity index (χ4n) is 4.04. The maximum atomic E-state index is 12.9. The van der Waals surface area contributed by atoms with Gasteiger partial charge in [0.05, 0.1) is 22.2 Å². The molecule has 0 bridgehead atoms. The van der Waals surface area contributed by atoms with E-state index in [1.54, 1.807) is 30.3 Å². The molecule has 0 spiro atoms. The number of amides is 2. The quantitative estimate of drug-likeness (QED) is 0.532. The molecule has 1 atom stereocenters. The molecule has 1 aliphatic rings. The van der Waals surface area contributed by atoms with Gasteiger partial charge in [-0.2, -0.15) is 0 Å². The van der Waals surface area contributed by atoms with E-state index in [1.807, 2.05) is 17.7 Å². The fourth-order valence-corrected chi connectivity index (χ4v) is 4.75. The normalized spacial score (nSPS) is 15.9. The van der Waals surface area contributed by atoms with Crippen LogP contribution in [-0.2, 0) is 19.6 Å². The highest BCUT2D eigenvalue weighted by Crippen LogP contribution is 2.33. The maximum absolute atomic E-state index is 12.9. The second-order valence-corrected chi connectivity index (χ2v) is 10.5. The van der Waals surface area contributed by atoms with E-state index in [1.165, 1.54) is 11.0 Å². The van der Waals surface area contributed by atoms with Gasteiger partial charge in [0.2, 0.25) is 10.0 Å². The van der Waals surface area contributed by atoms with Gasteiger partial charge in [-0.3, -0.25) is 19.1 Å². The Labute approximate surface area is 206 Å². The number of carbonyl (C=O) groups is 2. The van der Waals surface area contributed by atoms with E-state index in [9.17, 15) is 22.8 Å². The predicted octanol–water partition coefficient (Wildman–Crippen LogP) is 2.87. The Balaban J connectivity index is 1.59. The van der Waals surface area contributed by atoms with Gasteiger partial charge in [0.15, 0.2) is 17.6 Å². The first-order valence-corrected chi connectivity index (χ1v) is 13.1. The lowest BCUT2D eigenvalue weighted by Crippen LogP contribution is -2.48. The van der Waals surface area contributed by atoms with Crippen molar-refractivity contribution in [2.24, 2.45) is 0 Å². The van der Waals surface area contributed by atoms with Gasteiger partial charge in [-0.25, -0.2) is 8.42 Å². The van der Waals surface area contributed by atoms with Crippen molar-refractivity contribution in [1.29, 1.82) is 0 Å². The summed E-state index contributed by atoms with van der Waals surface area (Å²) in [5, 5.41) is 0.636. The Kier molecular flexibility index (Phi) is 6.86. The summed E-state index contributed by atoms with van der Waals surface area (Å²) in [6.45, 7) is 1.76. The van der Waals surface area contributed by atoms with Crippen LogP contribution in [0.25, 0.3) is 22.3 Å². The van der Waals surface area contributed by atoms with Gasteiger partial charge in [-0.1, -0.05) is 23.7 Å². The van der Waals surface area contributed by atoms with Crippen molar-refractivity contribution in [3.8, 4) is 17.1 Å². The zero-order valence-corrected chi connectivity index (χ0v) is 20.6. The van der Waals surface area contributed by atoms with E-state index >= 15 is 0 Å². The number of likely N-dealkylation sites (tertiary alicyclic amines) is 1. The van der Waals surface area contributed by atoms with E-state index in [2.05, 4.69) is 0 Å². The summed E-state index contributed by atoms with van der Waals surface area (Å²) in [6.07, 6.45) is 1.80. The molecule has 2 heterocycles. The number of nitrogens with one attached hydrogen (secondary N) is 1. The monoisotopic (exact) mass is 518 g/mol. The van der Waals surface area contributed by atoms with Crippen LogP contribution in [0.4, 0.5) is 0 Å². The molecule has 4 rings (SSSR count). The molecule has 35 heavy (non-hydrogen) atoms. The van der Waals surface area contributed by atoms with Gasteiger partial charge in [0.25, 0.3) is 11.8 Å². The first kappa shape index (κ1) is 24.7. The first-order valence-electron chi connectivity index (χ1n) is 10.8. The summed E-state index contributed by atoms with van der Waals surface area (Å²) in [6, 6.07) is 10.6. The molecule has 0 saturated carbocycles. The largest absolute Gasteiger partial charge is 0.483 e. The molecule has 2 amide bonds. The lowest BCUT2D eigenvalue weighted by Gasteiger charge is -2.24. The molecule has 1 aromatic heterocycles. The summed E-state index contributed by atoms with van der Waals surface area (Å²) in [4.78, 5) is 39.2. The molecule has 1 aliphatic heterocycles. The molecule has 2 aromatic carbocycles. The number of hydrogen-bond acceptors (Lipinski definition) is 7. The maximum Gasteiger partial charge on any atom is 0.261 e. The average molecular weight is 519 g/mol. The number of benzene rings is 2. The van der Waals surface area contributed by atoms with Crippen LogP contribution in [0.1, 0.15) is 18.4 Å². The first-order chi connectivity index (χ1) is 16.5. The van der Waals surface area contributed by atoms with Gasteiger partial charge < -0.3 is 14.1 Å². The summed E-state index contributed by atoms with van der Waals surface area (Å²) in [5.41, 5.74) is 1.28. The highest BCUT2D eigenvalue weighted by molar-refractivity contribution is 7.89. The molecular weight excluding hydrogens is 496 g/mol. The van der Waals surface area contributed by atoms with Crippen molar-refractivity contribution in [1.82, 2.24) is 9.62 Å². The highest BCUT2D eigenvalue weighted by atomic mass is 35.5. The van der Waals surface area contributed by atoms with E-state index in [0.29, 0.717) is 41.1 Å². The number of carbonyl (C=O) groups excluding carboxylic acids is 2. The zero-order valence-electron chi connectivity index (χ0n) is 19.0. The fraction of sp³-hybridized carbons (Fsp3) is 0.292. The Morgan fingerprint density at radius 3 is 2.74 bits per heavy atom. The third kappa shape index (κ3) is 5.49. The molecule has 1 saturated heterocycles. The predicted molar refractivity (Wildman–Crippen MR) is 131 cm³/mol. The second kappa shape index (κ2) is 9.71. The second-order valence-electron chi connectivity index (χ2n) is 8.36. The molecule has 11 heteroatoms.